The first kappa shape index (κ1) is 22.9. The van der Waals surface area contributed by atoms with Crippen LogP contribution in [0.25, 0.3) is 0 Å². The molecule has 4 bridgehead atoms. The summed E-state index contributed by atoms with van der Waals surface area (Å²) in [6, 6.07) is 12.9. The maximum atomic E-state index is 13.2. The second kappa shape index (κ2) is 8.44. The highest BCUT2D eigenvalue weighted by Crippen LogP contribution is 2.61. The molecule has 34 heavy (non-hydrogen) atoms. The van der Waals surface area contributed by atoms with Crippen LogP contribution in [0, 0.1) is 17.8 Å². The quantitative estimate of drug-likeness (QED) is 0.580. The second-order valence-corrected chi connectivity index (χ2v) is 11.8. The number of carbonyl (C=O) groups is 2. The Morgan fingerprint density at radius 2 is 1.41 bits per heavy atom. The van der Waals surface area contributed by atoms with Gasteiger partial charge in [0.05, 0.1) is 7.11 Å². The third kappa shape index (κ3) is 4.45. The fourth-order valence-electron chi connectivity index (χ4n) is 7.03. The van der Waals surface area contributed by atoms with Crippen LogP contribution in [0.5, 0.6) is 5.75 Å². The number of ether oxygens (including phenoxy) is 1. The van der Waals surface area contributed by atoms with Gasteiger partial charge >= 0.3 is 0 Å². The number of methoxy groups -OCH3 is 1. The van der Waals surface area contributed by atoms with Crippen molar-refractivity contribution in [2.24, 2.45) is 17.8 Å². The van der Waals surface area contributed by atoms with Crippen LogP contribution in [-0.4, -0.2) is 24.5 Å². The van der Waals surface area contributed by atoms with Crippen molar-refractivity contribution in [1.82, 2.24) is 5.32 Å². The number of anilines is 1. The van der Waals surface area contributed by atoms with Crippen molar-refractivity contribution in [1.29, 1.82) is 0 Å². The van der Waals surface area contributed by atoms with Crippen LogP contribution in [-0.2, 0) is 5.41 Å². The Hall–Kier alpha value is -2.82. The lowest BCUT2D eigenvalue weighted by molar-refractivity contribution is -0.00617. The van der Waals surface area contributed by atoms with E-state index < -0.39 is 0 Å². The van der Waals surface area contributed by atoms with Crippen molar-refractivity contribution in [2.75, 3.05) is 12.4 Å². The lowest BCUT2D eigenvalue weighted by Crippen LogP contribution is -2.48. The summed E-state index contributed by atoms with van der Waals surface area (Å²) in [5.41, 5.74) is 2.97. The van der Waals surface area contributed by atoms with Crippen molar-refractivity contribution in [2.45, 2.75) is 70.3 Å². The molecule has 0 aliphatic heterocycles. The smallest absolute Gasteiger partial charge is 0.255 e. The van der Waals surface area contributed by atoms with Crippen molar-refractivity contribution < 1.29 is 14.3 Å². The Bertz CT molecular complexity index is 1060. The highest BCUT2D eigenvalue weighted by atomic mass is 16.5. The fourth-order valence-corrected chi connectivity index (χ4v) is 7.03. The Morgan fingerprint density at radius 1 is 0.853 bits per heavy atom. The minimum Gasteiger partial charge on any atom is -0.496 e. The minimum absolute atomic E-state index is 0.124. The predicted molar refractivity (Wildman–Crippen MR) is 134 cm³/mol. The average molecular weight is 461 g/mol. The molecule has 180 valence electrons. The van der Waals surface area contributed by atoms with E-state index in [1.807, 2.05) is 32.9 Å². The van der Waals surface area contributed by atoms with Gasteiger partial charge in [0.2, 0.25) is 0 Å². The number of carbonyl (C=O) groups excluding carboxylic acids is 2. The van der Waals surface area contributed by atoms with Gasteiger partial charge in [-0.1, -0.05) is 0 Å². The fraction of sp³-hybridized carbons (Fsp3) is 0.517. The van der Waals surface area contributed by atoms with Crippen LogP contribution in [0.3, 0.4) is 0 Å². The first-order valence-electron chi connectivity index (χ1n) is 12.6. The molecule has 4 aliphatic carbocycles. The summed E-state index contributed by atoms with van der Waals surface area (Å²) in [5.74, 6) is 3.11. The summed E-state index contributed by atoms with van der Waals surface area (Å²) >= 11 is 0. The van der Waals surface area contributed by atoms with Crippen LogP contribution < -0.4 is 15.4 Å². The Labute approximate surface area is 202 Å². The lowest BCUT2D eigenvalue weighted by Gasteiger charge is -2.57. The van der Waals surface area contributed by atoms with E-state index in [0.717, 1.165) is 23.5 Å². The van der Waals surface area contributed by atoms with Crippen LogP contribution >= 0.6 is 0 Å². The summed E-state index contributed by atoms with van der Waals surface area (Å²) < 4.78 is 5.79. The van der Waals surface area contributed by atoms with Crippen molar-refractivity contribution in [3.05, 3.63) is 59.2 Å². The molecule has 0 atom stereocenters. The van der Waals surface area contributed by atoms with E-state index in [1.54, 1.807) is 31.4 Å². The van der Waals surface area contributed by atoms with Gasteiger partial charge in [0, 0.05) is 27.9 Å². The van der Waals surface area contributed by atoms with Gasteiger partial charge in [-0.2, -0.15) is 0 Å². The number of hydrogen-bond donors (Lipinski definition) is 2. The molecule has 0 radical (unpaired) electrons. The van der Waals surface area contributed by atoms with Crippen molar-refractivity contribution in [3.8, 4) is 5.75 Å². The van der Waals surface area contributed by atoms with E-state index in [-0.39, 0.29) is 22.8 Å². The van der Waals surface area contributed by atoms with Crippen LogP contribution in [0.15, 0.2) is 42.5 Å². The van der Waals surface area contributed by atoms with E-state index in [1.165, 1.54) is 44.1 Å². The van der Waals surface area contributed by atoms with Gasteiger partial charge in [0.1, 0.15) is 5.75 Å². The Balaban J connectivity index is 1.35. The summed E-state index contributed by atoms with van der Waals surface area (Å²) in [4.78, 5) is 25.5. The Kier molecular flexibility index (Phi) is 5.70. The Morgan fingerprint density at radius 3 is 1.94 bits per heavy atom. The zero-order valence-corrected chi connectivity index (χ0v) is 20.7. The molecular formula is C29H36N2O3. The average Bonchev–Trinajstić information content (AvgIpc) is 2.77. The molecule has 4 saturated carbocycles. The summed E-state index contributed by atoms with van der Waals surface area (Å²) in [6.45, 7) is 5.85. The highest BCUT2D eigenvalue weighted by molar-refractivity contribution is 6.05. The SMILES string of the molecule is COc1ccc(C(=O)Nc2ccc(C(=O)NC(C)(C)C)cc2)cc1C12CC3CC(CC(C3)C1)C2. The number of amides is 2. The first-order chi connectivity index (χ1) is 16.1. The molecule has 0 heterocycles. The molecule has 2 aromatic carbocycles. The van der Waals surface area contributed by atoms with Gasteiger partial charge in [-0.3, -0.25) is 9.59 Å². The predicted octanol–water partition coefficient (Wildman–Crippen LogP) is 5.94. The highest BCUT2D eigenvalue weighted by Gasteiger charge is 2.52. The molecule has 0 unspecified atom stereocenters. The third-order valence-electron chi connectivity index (χ3n) is 7.96. The molecule has 0 spiro atoms. The molecule has 5 heteroatoms. The standard InChI is InChI=1S/C29H36N2O3/c1-28(2,3)31-27(33)21-5-8-23(9-6-21)30-26(32)22-7-10-25(34-4)24(14-22)29-15-18-11-19(16-29)13-20(12-18)17-29/h5-10,14,18-20H,11-13,15-17H2,1-4H3,(H,30,32)(H,31,33). The van der Waals surface area contributed by atoms with Gasteiger partial charge in [-0.15, -0.1) is 0 Å². The van der Waals surface area contributed by atoms with Gasteiger partial charge in [-0.25, -0.2) is 0 Å². The maximum Gasteiger partial charge on any atom is 0.255 e. The summed E-state index contributed by atoms with van der Waals surface area (Å²) in [5, 5.41) is 5.95. The minimum atomic E-state index is -0.299. The molecule has 4 fully saturated rings. The molecule has 2 amide bonds. The number of benzene rings is 2. The molecule has 4 aliphatic rings. The van der Waals surface area contributed by atoms with E-state index >= 15 is 0 Å². The van der Waals surface area contributed by atoms with Crippen molar-refractivity contribution in [3.63, 3.8) is 0 Å². The normalized spacial score (nSPS) is 27.4. The lowest BCUT2D eigenvalue weighted by atomic mass is 9.48. The first-order valence-corrected chi connectivity index (χ1v) is 12.6. The molecular weight excluding hydrogens is 424 g/mol. The maximum absolute atomic E-state index is 13.2. The summed E-state index contributed by atoms with van der Waals surface area (Å²) in [7, 11) is 1.73. The number of rotatable bonds is 5. The summed E-state index contributed by atoms with van der Waals surface area (Å²) in [6.07, 6.45) is 7.80. The molecule has 6 rings (SSSR count). The van der Waals surface area contributed by atoms with Gasteiger partial charge in [0.25, 0.3) is 11.8 Å². The van der Waals surface area contributed by atoms with E-state index in [9.17, 15) is 9.59 Å². The number of hydrogen-bond acceptors (Lipinski definition) is 3. The molecule has 0 saturated heterocycles. The molecule has 2 N–H and O–H groups in total. The van der Waals surface area contributed by atoms with E-state index in [2.05, 4.69) is 16.7 Å². The zero-order valence-electron chi connectivity index (χ0n) is 20.7. The topological polar surface area (TPSA) is 67.4 Å². The second-order valence-electron chi connectivity index (χ2n) is 11.8. The van der Waals surface area contributed by atoms with Crippen LogP contribution in [0.4, 0.5) is 5.69 Å². The van der Waals surface area contributed by atoms with Crippen LogP contribution in [0.1, 0.15) is 85.6 Å². The van der Waals surface area contributed by atoms with Crippen molar-refractivity contribution >= 4 is 17.5 Å². The third-order valence-corrected chi connectivity index (χ3v) is 7.96. The van der Waals surface area contributed by atoms with E-state index in [4.69, 9.17) is 4.74 Å². The van der Waals surface area contributed by atoms with Crippen LogP contribution in [0.2, 0.25) is 0 Å². The molecule has 5 nitrogen and oxygen atoms in total. The number of nitrogens with one attached hydrogen (secondary N) is 2. The van der Waals surface area contributed by atoms with Gasteiger partial charge in [-0.05, 0) is 125 Å². The largest absolute Gasteiger partial charge is 0.496 e. The van der Waals surface area contributed by atoms with Gasteiger partial charge < -0.3 is 15.4 Å². The molecule has 2 aromatic rings. The zero-order chi connectivity index (χ0) is 24.1. The van der Waals surface area contributed by atoms with Gasteiger partial charge in [0.15, 0.2) is 0 Å². The monoisotopic (exact) mass is 460 g/mol. The van der Waals surface area contributed by atoms with E-state index in [0.29, 0.717) is 16.8 Å². The molecule has 0 aromatic heterocycles.